The summed E-state index contributed by atoms with van der Waals surface area (Å²) in [7, 11) is 0. The quantitative estimate of drug-likeness (QED) is 0.337. The van der Waals surface area contributed by atoms with Gasteiger partial charge in [-0.2, -0.15) is 5.10 Å². The van der Waals surface area contributed by atoms with Crippen molar-refractivity contribution in [3.63, 3.8) is 0 Å². The Labute approximate surface area is 254 Å². The lowest BCUT2D eigenvalue weighted by molar-refractivity contribution is -0.0219. The number of halogens is 1. The summed E-state index contributed by atoms with van der Waals surface area (Å²) in [5.74, 6) is 0.641. The summed E-state index contributed by atoms with van der Waals surface area (Å²) in [6.45, 7) is 19.2. The van der Waals surface area contributed by atoms with Gasteiger partial charge in [-0.05, 0) is 87.3 Å². The van der Waals surface area contributed by atoms with Gasteiger partial charge in [0.05, 0.1) is 11.1 Å². The molecule has 0 saturated carbocycles. The van der Waals surface area contributed by atoms with Gasteiger partial charge >= 0.3 is 12.2 Å². The molecule has 3 aliphatic heterocycles. The summed E-state index contributed by atoms with van der Waals surface area (Å²) in [6, 6.07) is 5.86. The van der Waals surface area contributed by atoms with E-state index in [1.54, 1.807) is 4.90 Å². The van der Waals surface area contributed by atoms with E-state index in [0.717, 1.165) is 35.4 Å². The second kappa shape index (κ2) is 10.4. The smallest absolute Gasteiger partial charge is 0.410 e. The lowest BCUT2D eigenvalue weighted by Gasteiger charge is -2.46. The molecule has 0 bridgehead atoms. The molecule has 10 heteroatoms. The molecule has 2 amide bonds. The fourth-order valence-corrected chi connectivity index (χ4v) is 6.83. The number of fused-ring (bicyclic) bond motifs is 4. The van der Waals surface area contributed by atoms with Crippen LogP contribution in [0.3, 0.4) is 0 Å². The molecule has 0 radical (unpaired) electrons. The molecule has 2 aromatic rings. The first-order valence-electron chi connectivity index (χ1n) is 15.0. The standard InChI is InChI=1S/C32H45ClN4O5/c1-20-24-25(34-37(20)21-13-16-36(31(8,9)19-21)28(39)42-30(5,6)7)22-11-10-12-23(33)26(22)40-32(24)14-17-35(18-15-32)27(38)41-29(2,3)4/h10-12,21H,13-19H2,1-9H3/t21-/m1/s1. The van der Waals surface area contributed by atoms with Gasteiger partial charge in [-0.15, -0.1) is 0 Å². The van der Waals surface area contributed by atoms with E-state index in [-0.39, 0.29) is 18.2 Å². The van der Waals surface area contributed by atoms with E-state index in [4.69, 9.17) is 30.9 Å². The monoisotopic (exact) mass is 600 g/mol. The van der Waals surface area contributed by atoms with E-state index in [2.05, 4.69) is 25.5 Å². The first-order chi connectivity index (χ1) is 19.4. The molecule has 9 nitrogen and oxygen atoms in total. The maximum atomic E-state index is 13.0. The molecule has 5 rings (SSSR count). The van der Waals surface area contributed by atoms with Crippen molar-refractivity contribution in [1.29, 1.82) is 0 Å². The highest BCUT2D eigenvalue weighted by Gasteiger charge is 2.49. The number of hydrogen-bond acceptors (Lipinski definition) is 6. The van der Waals surface area contributed by atoms with Crippen LogP contribution in [-0.4, -0.2) is 68.1 Å². The normalized spacial score (nSPS) is 21.3. The van der Waals surface area contributed by atoms with Crippen molar-refractivity contribution in [3.05, 3.63) is 34.5 Å². The number of amides is 2. The Bertz CT molecular complexity index is 1380. The molecule has 0 N–H and O–H groups in total. The third-order valence-electron chi connectivity index (χ3n) is 8.46. The van der Waals surface area contributed by atoms with Gasteiger partial charge in [0.1, 0.15) is 28.2 Å². The van der Waals surface area contributed by atoms with Crippen LogP contribution in [0.2, 0.25) is 5.02 Å². The second-order valence-corrected chi connectivity index (χ2v) is 14.9. The van der Waals surface area contributed by atoms with Crippen molar-refractivity contribution in [2.75, 3.05) is 19.6 Å². The maximum Gasteiger partial charge on any atom is 0.410 e. The fourth-order valence-electron chi connectivity index (χ4n) is 6.62. The SMILES string of the molecule is Cc1c2c(nn1[C@@H]1CCN(C(=O)OC(C)(C)C)C(C)(C)C1)-c1cccc(Cl)c1OC21CCN(C(=O)OC(C)(C)C)CC1. The number of likely N-dealkylation sites (tertiary alicyclic amines) is 2. The van der Waals surface area contributed by atoms with Crippen LogP contribution in [-0.2, 0) is 15.1 Å². The van der Waals surface area contributed by atoms with Crippen molar-refractivity contribution >= 4 is 23.8 Å². The van der Waals surface area contributed by atoms with E-state index in [1.165, 1.54) is 0 Å². The molecule has 2 fully saturated rings. The number of nitrogens with zero attached hydrogens (tertiary/aromatic N) is 4. The van der Waals surface area contributed by atoms with Crippen LogP contribution in [0.4, 0.5) is 9.59 Å². The predicted octanol–water partition coefficient (Wildman–Crippen LogP) is 7.48. The topological polar surface area (TPSA) is 86.1 Å². The van der Waals surface area contributed by atoms with Gasteiger partial charge in [0, 0.05) is 54.8 Å². The number of hydrogen-bond donors (Lipinski definition) is 0. The number of para-hydroxylation sites is 1. The summed E-state index contributed by atoms with van der Waals surface area (Å²) in [6.07, 6.45) is 2.09. The van der Waals surface area contributed by atoms with E-state index in [1.807, 2.05) is 64.6 Å². The molecule has 42 heavy (non-hydrogen) atoms. The first-order valence-corrected chi connectivity index (χ1v) is 15.3. The number of aromatic nitrogens is 2. The Balaban J connectivity index is 1.47. The number of ether oxygens (including phenoxy) is 3. The van der Waals surface area contributed by atoms with E-state index >= 15 is 0 Å². The van der Waals surface area contributed by atoms with Crippen molar-refractivity contribution in [2.45, 2.75) is 116 Å². The van der Waals surface area contributed by atoms with Crippen molar-refractivity contribution in [2.24, 2.45) is 0 Å². The molecule has 230 valence electrons. The van der Waals surface area contributed by atoms with Gasteiger partial charge in [-0.3, -0.25) is 4.68 Å². The fraction of sp³-hybridized carbons (Fsp3) is 0.656. The lowest BCUT2D eigenvalue weighted by Crippen LogP contribution is -2.54. The molecule has 2 saturated heterocycles. The van der Waals surface area contributed by atoms with Gasteiger partial charge in [-0.1, -0.05) is 17.7 Å². The molecular formula is C32H45ClN4O5. The van der Waals surface area contributed by atoms with Crippen LogP contribution < -0.4 is 4.74 Å². The number of benzene rings is 1. The molecule has 1 aromatic heterocycles. The summed E-state index contributed by atoms with van der Waals surface area (Å²) < 4.78 is 20.3. The minimum atomic E-state index is -0.666. The molecule has 4 heterocycles. The number of piperidine rings is 2. The van der Waals surface area contributed by atoms with Crippen LogP contribution in [0.15, 0.2) is 18.2 Å². The number of carbonyl (C=O) groups excluding carboxylic acids is 2. The first kappa shape index (κ1) is 30.5. The second-order valence-electron chi connectivity index (χ2n) is 14.5. The van der Waals surface area contributed by atoms with Gasteiger partial charge in [-0.25, -0.2) is 9.59 Å². The Kier molecular flexibility index (Phi) is 7.52. The van der Waals surface area contributed by atoms with Gasteiger partial charge < -0.3 is 24.0 Å². The summed E-state index contributed by atoms with van der Waals surface area (Å²) in [4.78, 5) is 29.5. The average molecular weight is 601 g/mol. The number of rotatable bonds is 1. The van der Waals surface area contributed by atoms with Crippen LogP contribution >= 0.6 is 11.6 Å². The van der Waals surface area contributed by atoms with Crippen molar-refractivity contribution < 1.29 is 23.8 Å². The van der Waals surface area contributed by atoms with E-state index < -0.39 is 22.3 Å². The zero-order chi connectivity index (χ0) is 30.8. The molecule has 0 aliphatic carbocycles. The van der Waals surface area contributed by atoms with E-state index in [9.17, 15) is 9.59 Å². The zero-order valence-electron chi connectivity index (χ0n) is 26.5. The Morgan fingerprint density at radius 1 is 1.00 bits per heavy atom. The molecule has 1 atom stereocenters. The van der Waals surface area contributed by atoms with Gasteiger partial charge in [0.25, 0.3) is 0 Å². The summed E-state index contributed by atoms with van der Waals surface area (Å²) in [5, 5.41) is 5.79. The highest BCUT2D eigenvalue weighted by atomic mass is 35.5. The zero-order valence-corrected chi connectivity index (χ0v) is 27.2. The minimum Gasteiger partial charge on any atom is -0.480 e. The highest BCUT2D eigenvalue weighted by Crippen LogP contribution is 2.53. The maximum absolute atomic E-state index is 13.0. The molecule has 1 spiro atoms. The van der Waals surface area contributed by atoms with Crippen molar-refractivity contribution in [1.82, 2.24) is 19.6 Å². The van der Waals surface area contributed by atoms with Gasteiger partial charge in [0.2, 0.25) is 0 Å². The number of carbonyl (C=O) groups is 2. The van der Waals surface area contributed by atoms with Crippen molar-refractivity contribution in [3.8, 4) is 17.0 Å². The summed E-state index contributed by atoms with van der Waals surface area (Å²) in [5.41, 5.74) is 1.68. The predicted molar refractivity (Wildman–Crippen MR) is 162 cm³/mol. The average Bonchev–Trinajstić information content (AvgIpc) is 3.21. The minimum absolute atomic E-state index is 0.0887. The third kappa shape index (κ3) is 5.69. The van der Waals surface area contributed by atoms with Gasteiger partial charge in [0.15, 0.2) is 0 Å². The highest BCUT2D eigenvalue weighted by molar-refractivity contribution is 6.32. The molecule has 0 unspecified atom stereocenters. The third-order valence-corrected chi connectivity index (χ3v) is 8.76. The Morgan fingerprint density at radius 2 is 1.62 bits per heavy atom. The molecule has 1 aromatic carbocycles. The van der Waals surface area contributed by atoms with Crippen LogP contribution in [0, 0.1) is 6.92 Å². The summed E-state index contributed by atoms with van der Waals surface area (Å²) >= 11 is 6.69. The van der Waals surface area contributed by atoms with Crippen LogP contribution in [0.25, 0.3) is 11.3 Å². The van der Waals surface area contributed by atoms with Crippen LogP contribution in [0.5, 0.6) is 5.75 Å². The van der Waals surface area contributed by atoms with E-state index in [0.29, 0.717) is 43.2 Å². The molecule has 3 aliphatic rings. The molecular weight excluding hydrogens is 556 g/mol. The largest absolute Gasteiger partial charge is 0.480 e. The Hall–Kier alpha value is -2.94. The lowest BCUT2D eigenvalue weighted by atomic mass is 9.79. The Morgan fingerprint density at radius 3 is 2.21 bits per heavy atom. The van der Waals surface area contributed by atoms with Crippen LogP contribution in [0.1, 0.15) is 98.4 Å².